The van der Waals surface area contributed by atoms with Gasteiger partial charge in [0.2, 0.25) is 0 Å². The van der Waals surface area contributed by atoms with E-state index in [1.807, 2.05) is 6.92 Å². The molecule has 4 nitrogen and oxygen atoms in total. The standard InChI is InChI=1S/C20H36O4/c1-4-6-7-8-9-10-11-12-13-14-15-23-17(5-2)18-16(3)19(21)24-20(18)22/h16-18H,4-15H2,1-3H3. The Balaban J connectivity index is 2.05. The molecule has 0 N–H and O–H groups in total. The molecule has 1 aliphatic heterocycles. The van der Waals surface area contributed by atoms with Crippen molar-refractivity contribution in [1.82, 2.24) is 0 Å². The molecule has 3 unspecified atom stereocenters. The second-order valence-electron chi connectivity index (χ2n) is 7.05. The van der Waals surface area contributed by atoms with Gasteiger partial charge in [0.25, 0.3) is 0 Å². The zero-order chi connectivity index (χ0) is 17.8. The third-order valence-corrected chi connectivity index (χ3v) is 5.02. The van der Waals surface area contributed by atoms with Crippen molar-refractivity contribution in [3.63, 3.8) is 0 Å². The third kappa shape index (κ3) is 7.33. The summed E-state index contributed by atoms with van der Waals surface area (Å²) < 4.78 is 10.6. The van der Waals surface area contributed by atoms with Crippen molar-refractivity contribution >= 4 is 11.9 Å². The lowest BCUT2D eigenvalue weighted by atomic mass is 9.90. The quantitative estimate of drug-likeness (QED) is 0.252. The largest absolute Gasteiger partial charge is 0.393 e. The van der Waals surface area contributed by atoms with E-state index in [1.165, 1.54) is 57.8 Å². The number of rotatable bonds is 14. The predicted octanol–water partition coefficient (Wildman–Crippen LogP) is 5.04. The van der Waals surface area contributed by atoms with E-state index in [-0.39, 0.29) is 12.0 Å². The molecule has 4 heteroatoms. The number of unbranched alkanes of at least 4 members (excludes halogenated alkanes) is 9. The Morgan fingerprint density at radius 2 is 1.42 bits per heavy atom. The Labute approximate surface area is 147 Å². The van der Waals surface area contributed by atoms with E-state index in [2.05, 4.69) is 6.92 Å². The molecule has 0 saturated carbocycles. The van der Waals surface area contributed by atoms with E-state index in [9.17, 15) is 9.59 Å². The van der Waals surface area contributed by atoms with Crippen molar-refractivity contribution in [3.8, 4) is 0 Å². The van der Waals surface area contributed by atoms with Gasteiger partial charge in [0, 0.05) is 6.61 Å². The van der Waals surface area contributed by atoms with Crippen LogP contribution in [0.15, 0.2) is 0 Å². The summed E-state index contributed by atoms with van der Waals surface area (Å²) in [6, 6.07) is 0. The molecule has 3 atom stereocenters. The summed E-state index contributed by atoms with van der Waals surface area (Å²) in [5.74, 6) is -1.63. The Morgan fingerprint density at radius 1 is 0.875 bits per heavy atom. The van der Waals surface area contributed by atoms with Crippen LogP contribution in [0.1, 0.15) is 91.4 Å². The minimum Gasteiger partial charge on any atom is -0.393 e. The first kappa shape index (κ1) is 21.1. The van der Waals surface area contributed by atoms with Crippen LogP contribution >= 0.6 is 0 Å². The molecule has 1 rings (SSSR count). The van der Waals surface area contributed by atoms with Gasteiger partial charge in [-0.2, -0.15) is 0 Å². The van der Waals surface area contributed by atoms with Gasteiger partial charge in [-0.3, -0.25) is 9.59 Å². The number of carbonyl (C=O) groups is 2. The monoisotopic (exact) mass is 340 g/mol. The maximum Gasteiger partial charge on any atom is 0.320 e. The van der Waals surface area contributed by atoms with Crippen LogP contribution in [-0.4, -0.2) is 24.6 Å². The lowest BCUT2D eigenvalue weighted by Gasteiger charge is -2.21. The van der Waals surface area contributed by atoms with Crippen LogP contribution in [0, 0.1) is 11.8 Å². The molecule has 140 valence electrons. The summed E-state index contributed by atoms with van der Waals surface area (Å²) >= 11 is 0. The molecule has 0 spiro atoms. The highest BCUT2D eigenvalue weighted by Crippen LogP contribution is 2.29. The topological polar surface area (TPSA) is 52.6 Å². The highest BCUT2D eigenvalue weighted by Gasteiger charge is 2.45. The second kappa shape index (κ2) is 12.5. The van der Waals surface area contributed by atoms with Crippen LogP contribution in [0.4, 0.5) is 0 Å². The number of ether oxygens (including phenoxy) is 2. The minimum atomic E-state index is -0.425. The van der Waals surface area contributed by atoms with Crippen LogP contribution in [0.5, 0.6) is 0 Å². The van der Waals surface area contributed by atoms with Gasteiger partial charge in [-0.25, -0.2) is 0 Å². The van der Waals surface area contributed by atoms with Crippen LogP contribution < -0.4 is 0 Å². The summed E-state index contributed by atoms with van der Waals surface area (Å²) in [7, 11) is 0. The first-order valence-corrected chi connectivity index (χ1v) is 9.98. The van der Waals surface area contributed by atoms with Gasteiger partial charge in [-0.1, -0.05) is 78.6 Å². The van der Waals surface area contributed by atoms with Gasteiger partial charge in [0.05, 0.1) is 17.9 Å². The van der Waals surface area contributed by atoms with E-state index >= 15 is 0 Å². The zero-order valence-electron chi connectivity index (χ0n) is 15.9. The van der Waals surface area contributed by atoms with Crippen LogP contribution in [0.25, 0.3) is 0 Å². The molecule has 0 aliphatic carbocycles. The maximum absolute atomic E-state index is 11.8. The van der Waals surface area contributed by atoms with Crippen molar-refractivity contribution in [2.75, 3.05) is 6.61 Å². The van der Waals surface area contributed by atoms with Gasteiger partial charge in [0.15, 0.2) is 0 Å². The molecule has 24 heavy (non-hydrogen) atoms. The van der Waals surface area contributed by atoms with Crippen molar-refractivity contribution in [3.05, 3.63) is 0 Å². The van der Waals surface area contributed by atoms with Crippen LogP contribution in [0.3, 0.4) is 0 Å². The smallest absolute Gasteiger partial charge is 0.320 e. The normalized spacial score (nSPS) is 22.0. The Kier molecular flexibility index (Phi) is 11.0. The SMILES string of the molecule is CCCCCCCCCCCCOC(CC)C1C(=O)OC(=O)C1C. The fraction of sp³-hybridized carbons (Fsp3) is 0.900. The molecular formula is C20H36O4. The number of cyclic esters (lactones) is 2. The molecule has 1 saturated heterocycles. The number of hydrogen-bond acceptors (Lipinski definition) is 4. The summed E-state index contributed by atoms with van der Waals surface area (Å²) in [6.45, 7) is 6.66. The first-order valence-electron chi connectivity index (χ1n) is 9.98. The van der Waals surface area contributed by atoms with Gasteiger partial charge >= 0.3 is 11.9 Å². The average Bonchev–Trinajstić information content (AvgIpc) is 2.82. The maximum atomic E-state index is 11.8. The molecule has 0 aromatic rings. The van der Waals surface area contributed by atoms with E-state index in [4.69, 9.17) is 9.47 Å². The highest BCUT2D eigenvalue weighted by atomic mass is 16.6. The van der Waals surface area contributed by atoms with Crippen molar-refractivity contribution in [1.29, 1.82) is 0 Å². The fourth-order valence-corrected chi connectivity index (χ4v) is 3.38. The van der Waals surface area contributed by atoms with Crippen molar-refractivity contribution < 1.29 is 19.1 Å². The zero-order valence-corrected chi connectivity index (χ0v) is 15.9. The Hall–Kier alpha value is -0.900. The fourth-order valence-electron chi connectivity index (χ4n) is 3.38. The summed E-state index contributed by atoms with van der Waals surface area (Å²) in [6.07, 6.45) is 13.5. The third-order valence-electron chi connectivity index (χ3n) is 5.02. The van der Waals surface area contributed by atoms with Gasteiger partial charge in [-0.05, 0) is 12.8 Å². The van der Waals surface area contributed by atoms with Gasteiger partial charge in [0.1, 0.15) is 0 Å². The molecule has 0 amide bonds. The summed E-state index contributed by atoms with van der Waals surface area (Å²) in [5, 5.41) is 0. The second-order valence-corrected chi connectivity index (χ2v) is 7.05. The summed E-state index contributed by atoms with van der Waals surface area (Å²) in [5.41, 5.74) is 0. The molecule has 1 heterocycles. The van der Waals surface area contributed by atoms with E-state index < -0.39 is 17.9 Å². The average molecular weight is 341 g/mol. The Morgan fingerprint density at radius 3 is 1.88 bits per heavy atom. The number of hydrogen-bond donors (Lipinski definition) is 0. The van der Waals surface area contributed by atoms with Crippen molar-refractivity contribution in [2.45, 2.75) is 97.5 Å². The molecule has 0 aromatic heterocycles. The first-order chi connectivity index (χ1) is 11.6. The molecular weight excluding hydrogens is 304 g/mol. The highest BCUT2D eigenvalue weighted by molar-refractivity contribution is 5.96. The number of carbonyl (C=O) groups excluding carboxylic acids is 2. The van der Waals surface area contributed by atoms with Gasteiger partial charge < -0.3 is 9.47 Å². The van der Waals surface area contributed by atoms with Crippen molar-refractivity contribution in [2.24, 2.45) is 11.8 Å². The summed E-state index contributed by atoms with van der Waals surface area (Å²) in [4.78, 5) is 23.3. The number of esters is 2. The van der Waals surface area contributed by atoms with E-state index in [0.717, 1.165) is 12.8 Å². The molecule has 0 aromatic carbocycles. The van der Waals surface area contributed by atoms with Gasteiger partial charge in [-0.15, -0.1) is 0 Å². The van der Waals surface area contributed by atoms with E-state index in [0.29, 0.717) is 6.61 Å². The molecule has 0 radical (unpaired) electrons. The molecule has 1 aliphatic rings. The van der Waals surface area contributed by atoms with E-state index in [1.54, 1.807) is 6.92 Å². The minimum absolute atomic E-state index is 0.197. The van der Waals surface area contributed by atoms with Crippen LogP contribution in [-0.2, 0) is 19.1 Å². The van der Waals surface area contributed by atoms with Crippen LogP contribution in [0.2, 0.25) is 0 Å². The molecule has 1 fully saturated rings. The molecule has 0 bridgehead atoms. The lowest BCUT2D eigenvalue weighted by Crippen LogP contribution is -2.31. The predicted molar refractivity (Wildman–Crippen MR) is 95.6 cm³/mol. The Bertz CT molecular complexity index is 367. The lowest BCUT2D eigenvalue weighted by molar-refractivity contribution is -0.154.